The van der Waals surface area contributed by atoms with E-state index in [-0.39, 0.29) is 27.7 Å². The Balaban J connectivity index is 1.50. The highest BCUT2D eigenvalue weighted by Crippen LogP contribution is 2.54. The number of fused-ring (bicyclic) bond motifs is 3. The molecule has 26 heavy (non-hydrogen) atoms. The predicted molar refractivity (Wildman–Crippen MR) is 92.5 cm³/mol. The van der Waals surface area contributed by atoms with Gasteiger partial charge >= 0.3 is 6.18 Å². The van der Waals surface area contributed by atoms with E-state index in [0.717, 1.165) is 25.9 Å². The minimum Gasteiger partial charge on any atom is -0.362 e. The molecule has 1 aliphatic carbocycles. The van der Waals surface area contributed by atoms with Crippen LogP contribution in [0.4, 0.5) is 19.0 Å². The van der Waals surface area contributed by atoms with Crippen LogP contribution in [0.3, 0.4) is 0 Å². The molecule has 1 atom stereocenters. The Morgan fingerprint density at radius 1 is 1.27 bits per heavy atom. The van der Waals surface area contributed by atoms with Crippen molar-refractivity contribution in [1.82, 2.24) is 10.1 Å². The molecule has 6 rings (SSSR count). The Labute approximate surface area is 153 Å². The van der Waals surface area contributed by atoms with E-state index >= 15 is 0 Å². The summed E-state index contributed by atoms with van der Waals surface area (Å²) in [6.07, 6.45) is -0.835. The van der Waals surface area contributed by atoms with Crippen LogP contribution in [0.2, 0.25) is 5.02 Å². The molecule has 1 aromatic heterocycles. The Kier molecular flexibility index (Phi) is 3.54. The molecule has 1 saturated carbocycles. The van der Waals surface area contributed by atoms with Crippen LogP contribution in [0.25, 0.3) is 11.0 Å². The number of alkyl halides is 3. The molecule has 0 radical (unpaired) electrons. The molecule has 8 heteroatoms. The van der Waals surface area contributed by atoms with Gasteiger partial charge in [-0.25, -0.2) is 0 Å². The highest BCUT2D eigenvalue weighted by atomic mass is 35.5. The van der Waals surface area contributed by atoms with Crippen molar-refractivity contribution in [1.29, 1.82) is 0 Å². The molecule has 4 fully saturated rings. The quantitative estimate of drug-likeness (QED) is 0.836. The summed E-state index contributed by atoms with van der Waals surface area (Å²) in [5.41, 5.74) is 0.281. The first-order valence-electron chi connectivity index (χ1n) is 9.02. The van der Waals surface area contributed by atoms with Gasteiger partial charge in [0.25, 0.3) is 0 Å². The summed E-state index contributed by atoms with van der Waals surface area (Å²) in [6, 6.07) is 3.47. The second-order valence-corrected chi connectivity index (χ2v) is 8.18. The number of aromatic nitrogens is 1. The summed E-state index contributed by atoms with van der Waals surface area (Å²) in [5, 5.41) is 8.22. The SMILES string of the molecule is FC(F)(F)Cc1c(Cl)ccc2c(NC3C4CCN(CC4)C34CC4)noc12. The van der Waals surface area contributed by atoms with Gasteiger partial charge in [0.15, 0.2) is 11.4 Å². The molecule has 1 aromatic carbocycles. The van der Waals surface area contributed by atoms with Crippen LogP contribution in [0, 0.1) is 5.92 Å². The van der Waals surface area contributed by atoms with Crippen LogP contribution >= 0.6 is 11.6 Å². The van der Waals surface area contributed by atoms with Crippen molar-refractivity contribution in [3.05, 3.63) is 22.7 Å². The van der Waals surface area contributed by atoms with E-state index in [1.807, 2.05) is 0 Å². The van der Waals surface area contributed by atoms with Crippen LogP contribution in [-0.4, -0.2) is 40.9 Å². The van der Waals surface area contributed by atoms with Crippen molar-refractivity contribution in [3.8, 4) is 0 Å². The van der Waals surface area contributed by atoms with E-state index in [4.69, 9.17) is 16.1 Å². The summed E-state index contributed by atoms with van der Waals surface area (Å²) in [7, 11) is 0. The third-order valence-corrected chi connectivity index (χ3v) is 6.69. The largest absolute Gasteiger partial charge is 0.393 e. The van der Waals surface area contributed by atoms with Gasteiger partial charge in [-0.3, -0.25) is 4.90 Å². The van der Waals surface area contributed by atoms with Crippen molar-refractivity contribution in [2.45, 2.75) is 49.9 Å². The minimum atomic E-state index is -4.35. The number of hydrogen-bond acceptors (Lipinski definition) is 4. The van der Waals surface area contributed by atoms with E-state index in [2.05, 4.69) is 15.4 Å². The summed E-state index contributed by atoms with van der Waals surface area (Å²) in [4.78, 5) is 2.57. The zero-order valence-corrected chi connectivity index (χ0v) is 14.8. The highest BCUT2D eigenvalue weighted by molar-refractivity contribution is 6.32. The van der Waals surface area contributed by atoms with E-state index in [1.54, 1.807) is 6.07 Å². The Hall–Kier alpha value is -1.47. The monoisotopic (exact) mass is 385 g/mol. The van der Waals surface area contributed by atoms with E-state index in [0.29, 0.717) is 17.1 Å². The molecule has 2 aromatic rings. The first-order chi connectivity index (χ1) is 12.4. The van der Waals surface area contributed by atoms with Crippen molar-refractivity contribution in [2.75, 3.05) is 18.4 Å². The second kappa shape index (κ2) is 5.52. The molecule has 3 aliphatic heterocycles. The van der Waals surface area contributed by atoms with Crippen molar-refractivity contribution >= 4 is 28.4 Å². The fourth-order valence-electron chi connectivity index (χ4n) is 4.97. The zero-order chi connectivity index (χ0) is 18.1. The van der Waals surface area contributed by atoms with Gasteiger partial charge in [0, 0.05) is 22.2 Å². The number of hydrogen-bond donors (Lipinski definition) is 1. The number of nitrogens with zero attached hydrogens (tertiary/aromatic N) is 2. The van der Waals surface area contributed by atoms with Crippen LogP contribution in [0.1, 0.15) is 31.2 Å². The molecule has 140 valence electrons. The number of benzene rings is 1. The van der Waals surface area contributed by atoms with Gasteiger partial charge in [0.05, 0.1) is 11.8 Å². The van der Waals surface area contributed by atoms with Crippen molar-refractivity contribution < 1.29 is 17.7 Å². The van der Waals surface area contributed by atoms with E-state index < -0.39 is 12.6 Å². The van der Waals surface area contributed by atoms with Gasteiger partial charge in [0.2, 0.25) is 0 Å². The van der Waals surface area contributed by atoms with Crippen LogP contribution in [0.5, 0.6) is 0 Å². The highest BCUT2D eigenvalue weighted by Gasteiger charge is 2.60. The molecule has 1 unspecified atom stereocenters. The van der Waals surface area contributed by atoms with Crippen LogP contribution in [0.15, 0.2) is 16.7 Å². The maximum absolute atomic E-state index is 12.9. The maximum atomic E-state index is 12.9. The van der Waals surface area contributed by atoms with Gasteiger partial charge in [-0.05, 0) is 56.8 Å². The van der Waals surface area contributed by atoms with Gasteiger partial charge in [-0.15, -0.1) is 0 Å². The predicted octanol–water partition coefficient (Wildman–Crippen LogP) is 4.62. The normalized spacial score (nSPS) is 29.5. The third kappa shape index (κ3) is 2.51. The lowest BCUT2D eigenvalue weighted by Gasteiger charge is -2.52. The molecule has 0 amide bonds. The zero-order valence-electron chi connectivity index (χ0n) is 14.1. The van der Waals surface area contributed by atoms with Crippen molar-refractivity contribution in [2.24, 2.45) is 5.92 Å². The fraction of sp³-hybridized carbons (Fsp3) is 0.611. The Morgan fingerprint density at radius 3 is 2.65 bits per heavy atom. The second-order valence-electron chi connectivity index (χ2n) is 7.78. The number of piperidine rings is 3. The summed E-state index contributed by atoms with van der Waals surface area (Å²) < 4.78 is 44.0. The minimum absolute atomic E-state index is 0.0488. The lowest BCUT2D eigenvalue weighted by molar-refractivity contribution is -0.127. The van der Waals surface area contributed by atoms with Gasteiger partial charge < -0.3 is 9.84 Å². The molecule has 4 aliphatic rings. The molecular weight excluding hydrogens is 367 g/mol. The van der Waals surface area contributed by atoms with Crippen LogP contribution in [-0.2, 0) is 6.42 Å². The summed E-state index contributed by atoms with van der Waals surface area (Å²) in [6.45, 7) is 2.29. The topological polar surface area (TPSA) is 41.3 Å². The standard InChI is InChI=1S/C18H19ClF3N3O/c19-13-2-1-11-14(12(13)9-18(20,21)22)26-24-16(11)23-15-10-3-7-25(8-4-10)17(15)5-6-17/h1-2,10,15H,3-9H2,(H,23,24). The van der Waals surface area contributed by atoms with Gasteiger partial charge in [-0.1, -0.05) is 16.8 Å². The average molecular weight is 386 g/mol. The third-order valence-electron chi connectivity index (χ3n) is 6.34. The number of rotatable bonds is 3. The molecule has 3 saturated heterocycles. The smallest absolute Gasteiger partial charge is 0.362 e. The van der Waals surface area contributed by atoms with Crippen molar-refractivity contribution in [3.63, 3.8) is 0 Å². The maximum Gasteiger partial charge on any atom is 0.393 e. The Bertz CT molecular complexity index is 853. The lowest BCUT2D eigenvalue weighted by Crippen LogP contribution is -2.62. The van der Waals surface area contributed by atoms with Gasteiger partial charge in [0.1, 0.15) is 0 Å². The number of halogens is 4. The number of nitrogens with one attached hydrogen (secondary N) is 1. The first-order valence-corrected chi connectivity index (χ1v) is 9.40. The van der Waals surface area contributed by atoms with E-state index in [9.17, 15) is 13.2 Å². The molecule has 4 nitrogen and oxygen atoms in total. The van der Waals surface area contributed by atoms with Gasteiger partial charge in [-0.2, -0.15) is 13.2 Å². The summed E-state index contributed by atoms with van der Waals surface area (Å²) in [5.74, 6) is 1.11. The molecule has 1 spiro atoms. The first kappa shape index (κ1) is 16.7. The van der Waals surface area contributed by atoms with Crippen LogP contribution < -0.4 is 5.32 Å². The average Bonchev–Trinajstić information content (AvgIpc) is 3.27. The fourth-order valence-corrected chi connectivity index (χ4v) is 5.19. The summed E-state index contributed by atoms with van der Waals surface area (Å²) >= 11 is 6.00. The molecule has 2 bridgehead atoms. The molecule has 1 N–H and O–H groups in total. The molecule has 4 heterocycles. The molecular formula is C18H19ClF3N3O. The van der Waals surface area contributed by atoms with E-state index in [1.165, 1.54) is 18.9 Å². The Morgan fingerprint density at radius 2 is 2.00 bits per heavy atom. The number of anilines is 1. The lowest BCUT2D eigenvalue weighted by atomic mass is 9.77.